The summed E-state index contributed by atoms with van der Waals surface area (Å²) in [6.45, 7) is 1.67. The maximum Gasteiger partial charge on any atom is 0.417 e. The molecule has 0 amide bonds. The molecular weight excluding hydrogens is 497 g/mol. The number of carboxylic acid groups (broad SMARTS) is 1. The molecule has 6 nitrogen and oxygen atoms in total. The van der Waals surface area contributed by atoms with Crippen LogP contribution >= 0.6 is 0 Å². The van der Waals surface area contributed by atoms with Crippen molar-refractivity contribution in [2.24, 2.45) is 5.92 Å². The van der Waals surface area contributed by atoms with Crippen LogP contribution in [0.2, 0.25) is 0 Å². The average molecular weight is 521 g/mol. The third-order valence-corrected chi connectivity index (χ3v) is 7.31. The van der Waals surface area contributed by atoms with Gasteiger partial charge in [0.1, 0.15) is 11.9 Å². The summed E-state index contributed by atoms with van der Waals surface area (Å²) in [5.74, 6) is 0.277. The zero-order chi connectivity index (χ0) is 26.6. The number of hydrogen-bond acceptors (Lipinski definition) is 5. The van der Waals surface area contributed by atoms with Gasteiger partial charge in [-0.3, -0.25) is 4.79 Å². The lowest BCUT2D eigenvalue weighted by Gasteiger charge is -2.20. The van der Waals surface area contributed by atoms with Crippen LogP contribution in [0.5, 0.6) is 5.75 Å². The van der Waals surface area contributed by atoms with Gasteiger partial charge in [0.15, 0.2) is 0 Å². The Morgan fingerprint density at radius 1 is 1.03 bits per heavy atom. The number of ether oxygens (including phenoxy) is 1. The topological polar surface area (TPSA) is 85.5 Å². The Kier molecular flexibility index (Phi) is 5.74. The second-order valence-corrected chi connectivity index (χ2v) is 9.77. The summed E-state index contributed by atoms with van der Waals surface area (Å²) in [6, 6.07) is 16.7. The van der Waals surface area contributed by atoms with Crippen LogP contribution in [0, 0.1) is 12.8 Å². The first-order valence-electron chi connectivity index (χ1n) is 12.3. The predicted octanol–water partition coefficient (Wildman–Crippen LogP) is 6.99. The Balaban J connectivity index is 1.29. The predicted molar refractivity (Wildman–Crippen MR) is 132 cm³/mol. The van der Waals surface area contributed by atoms with Crippen molar-refractivity contribution in [3.05, 3.63) is 88.8 Å². The summed E-state index contributed by atoms with van der Waals surface area (Å²) >= 11 is 0. The van der Waals surface area contributed by atoms with Crippen molar-refractivity contribution in [3.8, 4) is 28.3 Å². The molecule has 4 aromatic rings. The summed E-state index contributed by atoms with van der Waals surface area (Å²) in [5, 5.41) is 13.0. The van der Waals surface area contributed by atoms with Crippen molar-refractivity contribution in [1.82, 2.24) is 10.1 Å². The molecule has 2 aliphatic carbocycles. The number of hydrogen-bond donors (Lipinski definition) is 1. The van der Waals surface area contributed by atoms with Crippen molar-refractivity contribution in [2.45, 2.75) is 44.4 Å². The molecule has 9 heteroatoms. The van der Waals surface area contributed by atoms with E-state index in [1.54, 1.807) is 43.3 Å². The minimum atomic E-state index is -4.51. The molecule has 1 N–H and O–H groups in total. The Labute approximate surface area is 216 Å². The molecule has 194 valence electrons. The van der Waals surface area contributed by atoms with Gasteiger partial charge in [0, 0.05) is 12.5 Å². The van der Waals surface area contributed by atoms with Gasteiger partial charge in [0.25, 0.3) is 0 Å². The van der Waals surface area contributed by atoms with Gasteiger partial charge in [-0.2, -0.15) is 18.2 Å². The van der Waals surface area contributed by atoms with Crippen LogP contribution in [0.25, 0.3) is 22.5 Å². The van der Waals surface area contributed by atoms with E-state index in [-0.39, 0.29) is 23.5 Å². The van der Waals surface area contributed by atoms with E-state index >= 15 is 0 Å². The highest BCUT2D eigenvalue weighted by atomic mass is 19.4. The number of aliphatic carboxylic acids is 1. The third-order valence-electron chi connectivity index (χ3n) is 7.31. The molecule has 1 aromatic heterocycles. The summed E-state index contributed by atoms with van der Waals surface area (Å²) in [4.78, 5) is 15.3. The summed E-state index contributed by atoms with van der Waals surface area (Å²) in [6.07, 6.45) is -3.27. The molecule has 1 heterocycles. The Morgan fingerprint density at radius 2 is 1.74 bits per heavy atom. The SMILES string of the molecule is Cc1nc(-c2ccc(-c3c(C(F)(F)F)ccc4c3CC[C@H]4Oc3ccc([C@H]4C[C@@H]4C(=O)O)cc3)cc2)no1. The molecule has 38 heavy (non-hydrogen) atoms. The molecule has 6 rings (SSSR count). The maximum absolute atomic E-state index is 14.1. The van der Waals surface area contributed by atoms with Gasteiger partial charge in [-0.1, -0.05) is 47.6 Å². The van der Waals surface area contributed by atoms with E-state index in [0.29, 0.717) is 53.4 Å². The zero-order valence-electron chi connectivity index (χ0n) is 20.3. The number of fused-ring (bicyclic) bond motifs is 1. The number of rotatable bonds is 6. The molecule has 1 fully saturated rings. The van der Waals surface area contributed by atoms with Crippen molar-refractivity contribution in [1.29, 1.82) is 0 Å². The largest absolute Gasteiger partial charge is 0.486 e. The number of benzene rings is 3. The highest BCUT2D eigenvalue weighted by Crippen LogP contribution is 2.49. The summed E-state index contributed by atoms with van der Waals surface area (Å²) < 4.78 is 53.4. The van der Waals surface area contributed by atoms with Crippen molar-refractivity contribution >= 4 is 5.97 Å². The second kappa shape index (κ2) is 9.01. The van der Waals surface area contributed by atoms with Gasteiger partial charge in [-0.25, -0.2) is 0 Å². The van der Waals surface area contributed by atoms with E-state index in [1.807, 2.05) is 12.1 Å². The normalized spacial score (nSPS) is 20.3. The van der Waals surface area contributed by atoms with Crippen LogP contribution in [0.15, 0.2) is 65.2 Å². The van der Waals surface area contributed by atoms with Gasteiger partial charge in [0.2, 0.25) is 11.7 Å². The van der Waals surface area contributed by atoms with E-state index in [1.165, 1.54) is 6.07 Å². The monoisotopic (exact) mass is 520 g/mol. The summed E-state index contributed by atoms with van der Waals surface area (Å²) in [5.41, 5.74) is 2.92. The van der Waals surface area contributed by atoms with Crippen LogP contribution in [0.3, 0.4) is 0 Å². The molecule has 0 aliphatic heterocycles. The molecule has 0 unspecified atom stereocenters. The highest BCUT2D eigenvalue weighted by Gasteiger charge is 2.44. The first kappa shape index (κ1) is 24.2. The molecule has 3 atom stereocenters. The number of carbonyl (C=O) groups is 1. The minimum Gasteiger partial charge on any atom is -0.486 e. The molecule has 0 saturated heterocycles. The van der Waals surface area contributed by atoms with Crippen LogP contribution in [0.4, 0.5) is 13.2 Å². The molecule has 3 aromatic carbocycles. The van der Waals surface area contributed by atoms with E-state index < -0.39 is 17.7 Å². The van der Waals surface area contributed by atoms with Crippen molar-refractivity contribution < 1.29 is 32.3 Å². The Bertz CT molecular complexity index is 1510. The molecule has 1 saturated carbocycles. The second-order valence-electron chi connectivity index (χ2n) is 9.77. The van der Waals surface area contributed by atoms with Crippen LogP contribution < -0.4 is 4.74 Å². The lowest BCUT2D eigenvalue weighted by Crippen LogP contribution is -2.10. The number of alkyl halides is 3. The number of aryl methyl sites for hydroxylation is 1. The fraction of sp³-hybridized carbons (Fsp3) is 0.276. The zero-order valence-corrected chi connectivity index (χ0v) is 20.3. The Hall–Kier alpha value is -4.14. The molecule has 0 radical (unpaired) electrons. The highest BCUT2D eigenvalue weighted by molar-refractivity contribution is 5.76. The van der Waals surface area contributed by atoms with Crippen molar-refractivity contribution in [2.75, 3.05) is 0 Å². The molecule has 0 spiro atoms. The van der Waals surface area contributed by atoms with E-state index in [4.69, 9.17) is 14.4 Å². The Morgan fingerprint density at radius 3 is 2.34 bits per heavy atom. The molecular formula is C29H23F3N2O4. The van der Waals surface area contributed by atoms with Crippen molar-refractivity contribution in [3.63, 3.8) is 0 Å². The van der Waals surface area contributed by atoms with Crippen LogP contribution in [0.1, 0.15) is 53.0 Å². The van der Waals surface area contributed by atoms with E-state index in [9.17, 15) is 18.0 Å². The lowest BCUT2D eigenvalue weighted by atomic mass is 9.91. The average Bonchev–Trinajstić information content (AvgIpc) is 3.43. The third kappa shape index (κ3) is 4.42. The van der Waals surface area contributed by atoms with E-state index in [2.05, 4.69) is 10.1 Å². The first-order valence-corrected chi connectivity index (χ1v) is 12.3. The van der Waals surface area contributed by atoms with Gasteiger partial charge < -0.3 is 14.4 Å². The van der Waals surface area contributed by atoms with Gasteiger partial charge >= 0.3 is 12.1 Å². The minimum absolute atomic E-state index is 0.0209. The number of halogens is 3. The fourth-order valence-electron chi connectivity index (χ4n) is 5.35. The lowest BCUT2D eigenvalue weighted by molar-refractivity contribution is -0.139. The number of nitrogens with zero attached hydrogens (tertiary/aromatic N) is 2. The number of carboxylic acids is 1. The molecule has 2 aliphatic rings. The number of aromatic nitrogens is 2. The van der Waals surface area contributed by atoms with Gasteiger partial charge in [-0.05, 0) is 71.2 Å². The van der Waals surface area contributed by atoms with E-state index in [0.717, 1.165) is 17.2 Å². The van der Waals surface area contributed by atoms with Crippen LogP contribution in [-0.4, -0.2) is 21.2 Å². The quantitative estimate of drug-likeness (QED) is 0.295. The van der Waals surface area contributed by atoms with Crippen LogP contribution in [-0.2, 0) is 17.4 Å². The standard InChI is InChI=1S/C29H23F3N2O4/c1-15-33-27(34-38-15)18-4-2-17(3-5-18)26-21-11-13-25(20(21)10-12-24(26)29(30,31)32)37-19-8-6-16(7-9-19)22-14-23(22)28(35)36/h2-10,12,22-23,25H,11,13-14H2,1H3,(H,35,36)/t22-,23+,25-/m1/s1. The van der Waals surface area contributed by atoms with Gasteiger partial charge in [-0.15, -0.1) is 0 Å². The first-order chi connectivity index (χ1) is 18.2. The fourth-order valence-corrected chi connectivity index (χ4v) is 5.35. The maximum atomic E-state index is 14.1. The summed E-state index contributed by atoms with van der Waals surface area (Å²) in [7, 11) is 0. The molecule has 0 bridgehead atoms. The smallest absolute Gasteiger partial charge is 0.417 e. The van der Waals surface area contributed by atoms with Gasteiger partial charge in [0.05, 0.1) is 11.5 Å².